The van der Waals surface area contributed by atoms with Crippen LogP contribution in [0.3, 0.4) is 0 Å². The van der Waals surface area contributed by atoms with Gasteiger partial charge >= 0.3 is 0 Å². The van der Waals surface area contributed by atoms with Crippen molar-refractivity contribution in [1.82, 2.24) is 9.80 Å². The Bertz CT molecular complexity index is 522. The largest absolute Gasteiger partial charge is 0.486 e. The van der Waals surface area contributed by atoms with Gasteiger partial charge in [-0.05, 0) is 31.7 Å². The highest BCUT2D eigenvalue weighted by atomic mass is 16.6. The summed E-state index contributed by atoms with van der Waals surface area (Å²) in [5, 5.41) is 0. The number of hydrogen-bond acceptors (Lipinski definition) is 4. The van der Waals surface area contributed by atoms with Crippen LogP contribution in [0.4, 0.5) is 0 Å². The number of fused-ring (bicyclic) bond motifs is 1. The van der Waals surface area contributed by atoms with Gasteiger partial charge in [0.05, 0.1) is 0 Å². The summed E-state index contributed by atoms with van der Waals surface area (Å²) >= 11 is 0. The minimum atomic E-state index is 0.0903. The van der Waals surface area contributed by atoms with Crippen LogP contribution in [0.1, 0.15) is 15.9 Å². The number of hydrogen-bond donors (Lipinski definition) is 0. The van der Waals surface area contributed by atoms with Gasteiger partial charge in [-0.15, -0.1) is 0 Å². The van der Waals surface area contributed by atoms with Crippen molar-refractivity contribution in [2.45, 2.75) is 6.92 Å². The summed E-state index contributed by atoms with van der Waals surface area (Å²) in [6, 6.07) is 3.72. The van der Waals surface area contributed by atoms with Gasteiger partial charge in [-0.2, -0.15) is 0 Å². The van der Waals surface area contributed by atoms with E-state index in [0.29, 0.717) is 19.0 Å². The highest BCUT2D eigenvalue weighted by Crippen LogP contribution is 2.33. The Hall–Kier alpha value is -1.75. The van der Waals surface area contributed by atoms with E-state index in [0.717, 1.165) is 43.1 Å². The van der Waals surface area contributed by atoms with E-state index in [-0.39, 0.29) is 5.91 Å². The van der Waals surface area contributed by atoms with Crippen LogP contribution in [0.25, 0.3) is 0 Å². The molecule has 2 heterocycles. The first-order valence-electron chi connectivity index (χ1n) is 7.03. The molecule has 3 rings (SSSR count). The van der Waals surface area contributed by atoms with Crippen LogP contribution < -0.4 is 9.47 Å². The standard InChI is InChI=1S/C15H20N2O3/c1-11-9-13-14(20-8-7-19-13)10-12(11)15(18)17-5-3-16(2)4-6-17/h9-10H,3-8H2,1-2H3. The molecule has 1 fully saturated rings. The first-order valence-corrected chi connectivity index (χ1v) is 7.03. The van der Waals surface area contributed by atoms with E-state index < -0.39 is 0 Å². The fourth-order valence-corrected chi connectivity index (χ4v) is 2.60. The van der Waals surface area contributed by atoms with Crippen molar-refractivity contribution in [2.75, 3.05) is 46.4 Å². The second-order valence-electron chi connectivity index (χ2n) is 5.41. The molecule has 20 heavy (non-hydrogen) atoms. The maximum Gasteiger partial charge on any atom is 0.254 e. The van der Waals surface area contributed by atoms with Crippen LogP contribution in [0.2, 0.25) is 0 Å². The number of aryl methyl sites for hydroxylation is 1. The van der Waals surface area contributed by atoms with Gasteiger partial charge < -0.3 is 19.3 Å². The van der Waals surface area contributed by atoms with Gasteiger partial charge in [0.15, 0.2) is 11.5 Å². The SMILES string of the molecule is Cc1cc2c(cc1C(=O)N1CCN(C)CC1)OCCO2. The van der Waals surface area contributed by atoms with E-state index in [1.54, 1.807) is 0 Å². The van der Waals surface area contributed by atoms with E-state index in [4.69, 9.17) is 9.47 Å². The lowest BCUT2D eigenvalue weighted by molar-refractivity contribution is 0.0662. The minimum Gasteiger partial charge on any atom is -0.486 e. The van der Waals surface area contributed by atoms with E-state index >= 15 is 0 Å². The van der Waals surface area contributed by atoms with Crippen molar-refractivity contribution in [3.63, 3.8) is 0 Å². The molecule has 0 radical (unpaired) electrons. The summed E-state index contributed by atoms with van der Waals surface area (Å²) < 4.78 is 11.1. The third kappa shape index (κ3) is 2.45. The maximum absolute atomic E-state index is 12.6. The molecule has 0 N–H and O–H groups in total. The second-order valence-corrected chi connectivity index (χ2v) is 5.41. The Morgan fingerprint density at radius 3 is 2.30 bits per heavy atom. The molecule has 0 atom stereocenters. The number of ether oxygens (including phenoxy) is 2. The monoisotopic (exact) mass is 276 g/mol. The summed E-state index contributed by atoms with van der Waals surface area (Å²) in [6.07, 6.45) is 0. The van der Waals surface area contributed by atoms with Crippen LogP contribution in [0.15, 0.2) is 12.1 Å². The number of carbonyl (C=O) groups excluding carboxylic acids is 1. The molecule has 0 saturated carbocycles. The summed E-state index contributed by atoms with van der Waals surface area (Å²) in [7, 11) is 2.08. The third-order valence-electron chi connectivity index (χ3n) is 3.91. The van der Waals surface area contributed by atoms with Crippen LogP contribution in [0, 0.1) is 6.92 Å². The average Bonchev–Trinajstić information content (AvgIpc) is 2.46. The molecule has 0 bridgehead atoms. The molecule has 0 aromatic heterocycles. The van der Waals surface area contributed by atoms with Gasteiger partial charge in [0, 0.05) is 31.7 Å². The molecule has 1 amide bonds. The fraction of sp³-hybridized carbons (Fsp3) is 0.533. The number of amides is 1. The number of benzene rings is 1. The predicted octanol–water partition coefficient (Wildman–Crippen LogP) is 1.15. The van der Waals surface area contributed by atoms with Gasteiger partial charge in [-0.25, -0.2) is 0 Å². The molecule has 1 aromatic rings. The Kier molecular flexibility index (Phi) is 3.53. The molecule has 2 aliphatic rings. The number of rotatable bonds is 1. The van der Waals surface area contributed by atoms with Crippen molar-refractivity contribution in [3.05, 3.63) is 23.3 Å². The second kappa shape index (κ2) is 5.32. The Morgan fingerprint density at radius 1 is 1.05 bits per heavy atom. The van der Waals surface area contributed by atoms with E-state index in [1.807, 2.05) is 24.0 Å². The molecular weight excluding hydrogens is 256 g/mol. The van der Waals surface area contributed by atoms with Crippen molar-refractivity contribution in [3.8, 4) is 11.5 Å². The third-order valence-corrected chi connectivity index (χ3v) is 3.91. The van der Waals surface area contributed by atoms with Gasteiger partial charge in [0.2, 0.25) is 0 Å². The molecule has 5 nitrogen and oxygen atoms in total. The van der Waals surface area contributed by atoms with Crippen molar-refractivity contribution in [1.29, 1.82) is 0 Å². The number of likely N-dealkylation sites (N-methyl/N-ethyl adjacent to an activating group) is 1. The quantitative estimate of drug-likeness (QED) is 0.772. The lowest BCUT2D eigenvalue weighted by atomic mass is 10.1. The van der Waals surface area contributed by atoms with Crippen molar-refractivity contribution >= 4 is 5.91 Å². The summed E-state index contributed by atoms with van der Waals surface area (Å²) in [5.74, 6) is 1.51. The number of piperazine rings is 1. The smallest absolute Gasteiger partial charge is 0.254 e. The van der Waals surface area contributed by atoms with Crippen LogP contribution in [-0.4, -0.2) is 62.1 Å². The molecule has 0 aliphatic carbocycles. The van der Waals surface area contributed by atoms with Crippen molar-refractivity contribution < 1.29 is 14.3 Å². The van der Waals surface area contributed by atoms with E-state index in [9.17, 15) is 4.79 Å². The highest BCUT2D eigenvalue weighted by molar-refractivity contribution is 5.96. The van der Waals surface area contributed by atoms with Gasteiger partial charge in [-0.1, -0.05) is 0 Å². The Labute approximate surface area is 119 Å². The minimum absolute atomic E-state index is 0.0903. The zero-order chi connectivity index (χ0) is 14.1. The molecule has 0 spiro atoms. The van der Waals surface area contributed by atoms with Crippen LogP contribution in [-0.2, 0) is 0 Å². The summed E-state index contributed by atoms with van der Waals surface area (Å²) in [6.45, 7) is 6.47. The molecule has 1 saturated heterocycles. The Balaban J connectivity index is 1.84. The lowest BCUT2D eigenvalue weighted by Gasteiger charge is -2.33. The molecule has 0 unspecified atom stereocenters. The summed E-state index contributed by atoms with van der Waals surface area (Å²) in [5.41, 5.74) is 1.66. The fourth-order valence-electron chi connectivity index (χ4n) is 2.60. The highest BCUT2D eigenvalue weighted by Gasteiger charge is 2.24. The lowest BCUT2D eigenvalue weighted by Crippen LogP contribution is -2.47. The van der Waals surface area contributed by atoms with Crippen LogP contribution in [0.5, 0.6) is 11.5 Å². The average molecular weight is 276 g/mol. The Morgan fingerprint density at radius 2 is 1.65 bits per heavy atom. The zero-order valence-electron chi connectivity index (χ0n) is 12.0. The van der Waals surface area contributed by atoms with Crippen LogP contribution >= 0.6 is 0 Å². The van der Waals surface area contributed by atoms with Gasteiger partial charge in [0.1, 0.15) is 13.2 Å². The van der Waals surface area contributed by atoms with Gasteiger partial charge in [-0.3, -0.25) is 4.79 Å². The topological polar surface area (TPSA) is 42.0 Å². The molecular formula is C15H20N2O3. The first-order chi connectivity index (χ1) is 9.65. The van der Waals surface area contributed by atoms with Crippen molar-refractivity contribution in [2.24, 2.45) is 0 Å². The zero-order valence-corrected chi connectivity index (χ0v) is 12.0. The maximum atomic E-state index is 12.6. The summed E-state index contributed by atoms with van der Waals surface area (Å²) in [4.78, 5) is 16.8. The van der Waals surface area contributed by atoms with E-state index in [1.165, 1.54) is 0 Å². The first kappa shape index (κ1) is 13.2. The van der Waals surface area contributed by atoms with E-state index in [2.05, 4.69) is 11.9 Å². The molecule has 5 heteroatoms. The van der Waals surface area contributed by atoms with Gasteiger partial charge in [0.25, 0.3) is 5.91 Å². The molecule has 2 aliphatic heterocycles. The molecule has 108 valence electrons. The number of carbonyl (C=O) groups is 1. The molecule has 1 aromatic carbocycles. The predicted molar refractivity (Wildman–Crippen MR) is 75.6 cm³/mol. The number of nitrogens with zero attached hydrogens (tertiary/aromatic N) is 2. The normalized spacial score (nSPS) is 19.0.